The van der Waals surface area contributed by atoms with Crippen LogP contribution in [0.2, 0.25) is 0 Å². The van der Waals surface area contributed by atoms with Gasteiger partial charge in [-0.05, 0) is 31.0 Å². The number of rotatable bonds is 5. The summed E-state index contributed by atoms with van der Waals surface area (Å²) in [5.74, 6) is 0.0809. The lowest BCUT2D eigenvalue weighted by atomic mass is 10.2. The van der Waals surface area contributed by atoms with Crippen LogP contribution >= 0.6 is 0 Å². The van der Waals surface area contributed by atoms with Crippen LogP contribution in [-0.4, -0.2) is 37.7 Å². The van der Waals surface area contributed by atoms with Gasteiger partial charge in [-0.3, -0.25) is 9.59 Å². The van der Waals surface area contributed by atoms with Crippen LogP contribution in [0.3, 0.4) is 0 Å². The number of methoxy groups -OCH3 is 1. The van der Waals surface area contributed by atoms with Crippen molar-refractivity contribution in [1.29, 1.82) is 0 Å². The summed E-state index contributed by atoms with van der Waals surface area (Å²) >= 11 is 0. The summed E-state index contributed by atoms with van der Waals surface area (Å²) in [6.45, 7) is 1.83. The van der Waals surface area contributed by atoms with Crippen molar-refractivity contribution in [1.82, 2.24) is 0 Å². The lowest BCUT2D eigenvalue weighted by Crippen LogP contribution is -2.30. The molecule has 22 heavy (non-hydrogen) atoms. The first-order chi connectivity index (χ1) is 10.5. The van der Waals surface area contributed by atoms with Gasteiger partial charge in [0.25, 0.3) is 5.91 Å². The number of carbonyl (C=O) groups is 2. The molecule has 1 aromatic carbocycles. The molecule has 0 aliphatic carbocycles. The average Bonchev–Trinajstić information content (AvgIpc) is 2.96. The highest BCUT2D eigenvalue weighted by molar-refractivity contribution is 5.97. The molecule has 0 radical (unpaired) electrons. The maximum Gasteiger partial charge on any atom is 0.253 e. The first-order valence-electron chi connectivity index (χ1n) is 7.15. The quantitative estimate of drug-likeness (QED) is 0.756. The van der Waals surface area contributed by atoms with E-state index in [1.165, 1.54) is 14.0 Å². The average molecular weight is 307 g/mol. The highest BCUT2D eigenvalue weighted by Crippen LogP contribution is 2.29. The predicted molar refractivity (Wildman–Crippen MR) is 82.9 cm³/mol. The van der Waals surface area contributed by atoms with Crippen molar-refractivity contribution in [3.8, 4) is 5.75 Å². The van der Waals surface area contributed by atoms with Crippen LogP contribution in [0.5, 0.6) is 5.75 Å². The molecule has 0 aromatic heterocycles. The van der Waals surface area contributed by atoms with E-state index in [0.717, 1.165) is 6.42 Å². The molecular weight excluding hydrogens is 286 g/mol. The molecule has 0 saturated carbocycles. The van der Waals surface area contributed by atoms with Crippen molar-refractivity contribution in [3.63, 3.8) is 0 Å². The molecule has 0 unspecified atom stereocenters. The van der Waals surface area contributed by atoms with Crippen LogP contribution in [0.1, 0.15) is 19.8 Å². The van der Waals surface area contributed by atoms with Crippen molar-refractivity contribution in [2.75, 3.05) is 24.3 Å². The zero-order valence-corrected chi connectivity index (χ0v) is 12.7. The van der Waals surface area contributed by atoms with E-state index in [4.69, 9.17) is 15.2 Å². The molecule has 7 heteroatoms. The van der Waals surface area contributed by atoms with Gasteiger partial charge in [-0.2, -0.15) is 0 Å². The Hall–Kier alpha value is -2.12. The Morgan fingerprint density at radius 3 is 2.73 bits per heavy atom. The summed E-state index contributed by atoms with van der Waals surface area (Å²) in [6.07, 6.45) is 0.838. The number of hydrogen-bond acceptors (Lipinski definition) is 5. The number of nitrogens with one attached hydrogen (secondary N) is 2. The van der Waals surface area contributed by atoms with Crippen LogP contribution in [0.15, 0.2) is 18.2 Å². The highest BCUT2D eigenvalue weighted by atomic mass is 16.5. The minimum Gasteiger partial charge on any atom is -0.495 e. The molecule has 1 aliphatic rings. The van der Waals surface area contributed by atoms with Crippen LogP contribution < -0.4 is 21.1 Å². The summed E-state index contributed by atoms with van der Waals surface area (Å²) in [4.78, 5) is 23.4. The summed E-state index contributed by atoms with van der Waals surface area (Å²) in [7, 11) is 1.51. The second kappa shape index (κ2) is 7.24. The number of carbonyl (C=O) groups excluding carboxylic acids is 2. The van der Waals surface area contributed by atoms with E-state index in [0.29, 0.717) is 30.1 Å². The van der Waals surface area contributed by atoms with E-state index < -0.39 is 6.10 Å². The Labute approximate surface area is 129 Å². The molecular formula is C15H21N3O4. The van der Waals surface area contributed by atoms with Crippen LogP contribution in [0.4, 0.5) is 11.4 Å². The smallest absolute Gasteiger partial charge is 0.253 e. The minimum absolute atomic E-state index is 0.0663. The molecule has 1 aromatic rings. The molecule has 1 saturated heterocycles. The van der Waals surface area contributed by atoms with Gasteiger partial charge < -0.3 is 25.8 Å². The van der Waals surface area contributed by atoms with Gasteiger partial charge in [-0.15, -0.1) is 0 Å². The molecule has 7 nitrogen and oxygen atoms in total. The molecule has 120 valence electrons. The number of anilines is 2. The number of amides is 2. The predicted octanol–water partition coefficient (Wildman–Crippen LogP) is 1.10. The fraction of sp³-hybridized carbons (Fsp3) is 0.467. The molecule has 0 spiro atoms. The lowest BCUT2D eigenvalue weighted by Gasteiger charge is -2.15. The number of hydrogen-bond donors (Lipinski definition) is 3. The second-order valence-electron chi connectivity index (χ2n) is 5.15. The summed E-state index contributed by atoms with van der Waals surface area (Å²) in [5.41, 5.74) is 6.61. The third-order valence-electron chi connectivity index (χ3n) is 3.44. The van der Waals surface area contributed by atoms with Gasteiger partial charge in [0.1, 0.15) is 11.9 Å². The number of benzene rings is 1. The Morgan fingerprint density at radius 2 is 2.14 bits per heavy atom. The normalized spacial score (nSPS) is 20.5. The number of ether oxygens (including phenoxy) is 2. The third-order valence-corrected chi connectivity index (χ3v) is 3.44. The molecule has 4 N–H and O–H groups in total. The monoisotopic (exact) mass is 307 g/mol. The first kappa shape index (κ1) is 16.3. The van der Waals surface area contributed by atoms with Crippen molar-refractivity contribution in [2.45, 2.75) is 32.0 Å². The van der Waals surface area contributed by atoms with Crippen molar-refractivity contribution < 1.29 is 19.1 Å². The van der Waals surface area contributed by atoms with E-state index in [9.17, 15) is 9.59 Å². The molecule has 2 amide bonds. The summed E-state index contributed by atoms with van der Waals surface area (Å²) in [6, 6.07) is 5.03. The van der Waals surface area contributed by atoms with Gasteiger partial charge in [0.2, 0.25) is 5.91 Å². The standard InChI is InChI=1S/C15H21N3O4/c1-9(19)17-10-3-5-13(21-2)12(7-10)18-15(20)14-6-4-11(8-16)22-14/h3,5,7,11,14H,4,6,8,16H2,1-2H3,(H,17,19)(H,18,20)/t11-,14+/m1/s1. The second-order valence-corrected chi connectivity index (χ2v) is 5.15. The zero-order valence-electron chi connectivity index (χ0n) is 12.7. The minimum atomic E-state index is -0.511. The Bertz CT molecular complexity index is 562. The topological polar surface area (TPSA) is 103 Å². The van der Waals surface area contributed by atoms with Gasteiger partial charge in [0.15, 0.2) is 0 Å². The highest BCUT2D eigenvalue weighted by Gasteiger charge is 2.30. The van der Waals surface area contributed by atoms with Gasteiger partial charge >= 0.3 is 0 Å². The fourth-order valence-corrected chi connectivity index (χ4v) is 2.37. The summed E-state index contributed by atoms with van der Waals surface area (Å²) in [5, 5.41) is 5.44. The maximum atomic E-state index is 12.3. The van der Waals surface area contributed by atoms with E-state index in [1.54, 1.807) is 18.2 Å². The Kier molecular flexibility index (Phi) is 5.35. The van der Waals surface area contributed by atoms with E-state index in [2.05, 4.69) is 10.6 Å². The molecule has 1 heterocycles. The van der Waals surface area contributed by atoms with E-state index in [1.807, 2.05) is 0 Å². The lowest BCUT2D eigenvalue weighted by molar-refractivity contribution is -0.126. The van der Waals surface area contributed by atoms with Crippen LogP contribution in [0.25, 0.3) is 0 Å². The maximum absolute atomic E-state index is 12.3. The molecule has 2 atom stereocenters. The Balaban J connectivity index is 2.10. The Morgan fingerprint density at radius 1 is 1.36 bits per heavy atom. The van der Waals surface area contributed by atoms with Gasteiger partial charge in [0.05, 0.1) is 18.9 Å². The van der Waals surface area contributed by atoms with Crippen LogP contribution in [-0.2, 0) is 14.3 Å². The first-order valence-corrected chi connectivity index (χ1v) is 7.15. The summed E-state index contributed by atoms with van der Waals surface area (Å²) < 4.78 is 10.8. The number of nitrogens with two attached hydrogens (primary N) is 1. The van der Waals surface area contributed by atoms with Gasteiger partial charge in [-0.25, -0.2) is 0 Å². The van der Waals surface area contributed by atoms with Crippen molar-refractivity contribution in [3.05, 3.63) is 18.2 Å². The van der Waals surface area contributed by atoms with E-state index >= 15 is 0 Å². The molecule has 0 bridgehead atoms. The SMILES string of the molecule is COc1ccc(NC(C)=O)cc1NC(=O)[C@@H]1CC[C@H](CN)O1. The third kappa shape index (κ3) is 3.96. The van der Waals surface area contributed by atoms with Crippen molar-refractivity contribution in [2.24, 2.45) is 5.73 Å². The largest absolute Gasteiger partial charge is 0.495 e. The van der Waals surface area contributed by atoms with Gasteiger partial charge in [-0.1, -0.05) is 0 Å². The van der Waals surface area contributed by atoms with Crippen LogP contribution in [0, 0.1) is 0 Å². The molecule has 1 aliphatic heterocycles. The molecule has 2 rings (SSSR count). The molecule has 1 fully saturated rings. The van der Waals surface area contributed by atoms with Gasteiger partial charge in [0, 0.05) is 19.2 Å². The fourth-order valence-electron chi connectivity index (χ4n) is 2.37. The van der Waals surface area contributed by atoms with Crippen molar-refractivity contribution >= 4 is 23.2 Å². The van der Waals surface area contributed by atoms with E-state index in [-0.39, 0.29) is 17.9 Å². The zero-order chi connectivity index (χ0) is 16.1.